The van der Waals surface area contributed by atoms with E-state index in [1.807, 2.05) is 40.7 Å². The summed E-state index contributed by atoms with van der Waals surface area (Å²) in [4.78, 5) is 12.6. The Morgan fingerprint density at radius 3 is 2.48 bits per heavy atom. The summed E-state index contributed by atoms with van der Waals surface area (Å²) in [6, 6.07) is 6.07. The lowest BCUT2D eigenvalue weighted by atomic mass is 10.1. The molecule has 3 aromatic rings. The zero-order valence-corrected chi connectivity index (χ0v) is 15.7. The quantitative estimate of drug-likeness (QED) is 0.780. The lowest BCUT2D eigenvalue weighted by Crippen LogP contribution is -2.22. The molecule has 0 atom stereocenters. The molecule has 0 saturated heterocycles. The molecule has 0 saturated carbocycles. The third-order valence-electron chi connectivity index (χ3n) is 4.14. The first-order valence-electron chi connectivity index (χ1n) is 8.52. The molecule has 132 valence electrons. The van der Waals surface area contributed by atoms with E-state index in [9.17, 15) is 4.79 Å². The normalized spacial score (nSPS) is 12.1. The molecule has 1 N–H and O–H groups in total. The minimum absolute atomic E-state index is 0.157. The molecule has 0 aliphatic heterocycles. The van der Waals surface area contributed by atoms with E-state index in [4.69, 9.17) is 0 Å². The highest BCUT2D eigenvalue weighted by molar-refractivity contribution is 6.05. The van der Waals surface area contributed by atoms with Gasteiger partial charge in [0.1, 0.15) is 0 Å². The van der Waals surface area contributed by atoms with E-state index in [1.165, 1.54) is 0 Å². The van der Waals surface area contributed by atoms with Crippen LogP contribution in [0.5, 0.6) is 0 Å². The van der Waals surface area contributed by atoms with Crippen LogP contribution in [0.4, 0.5) is 5.69 Å². The monoisotopic (exact) mass is 339 g/mol. The van der Waals surface area contributed by atoms with E-state index in [0.29, 0.717) is 11.6 Å². The molecule has 0 aliphatic rings. The highest BCUT2D eigenvalue weighted by Crippen LogP contribution is 2.21. The number of hydrogen-bond acceptors (Lipinski definition) is 3. The number of anilines is 1. The fourth-order valence-electron chi connectivity index (χ4n) is 2.60. The van der Waals surface area contributed by atoms with E-state index in [1.54, 1.807) is 6.20 Å². The van der Waals surface area contributed by atoms with Crippen LogP contribution in [0.25, 0.3) is 10.9 Å². The van der Waals surface area contributed by atoms with Gasteiger partial charge >= 0.3 is 0 Å². The van der Waals surface area contributed by atoms with Crippen LogP contribution < -0.4 is 5.32 Å². The maximum atomic E-state index is 12.6. The second-order valence-electron chi connectivity index (χ2n) is 7.67. The molecule has 0 bridgehead atoms. The Labute approximate surface area is 147 Å². The lowest BCUT2D eigenvalue weighted by Gasteiger charge is -2.18. The van der Waals surface area contributed by atoms with Crippen molar-refractivity contribution in [3.05, 3.63) is 41.9 Å². The predicted molar refractivity (Wildman–Crippen MR) is 100 cm³/mol. The SMILES string of the molecule is Cc1nn(C(C)(C)C)cc1C(=O)Nc1ccc2cn(C(C)C)nc2c1. The second-order valence-corrected chi connectivity index (χ2v) is 7.67. The summed E-state index contributed by atoms with van der Waals surface area (Å²) in [5.74, 6) is -0.157. The Balaban J connectivity index is 1.85. The van der Waals surface area contributed by atoms with Crippen LogP contribution in [0.1, 0.15) is 56.7 Å². The molecule has 2 heterocycles. The van der Waals surface area contributed by atoms with Gasteiger partial charge in [0, 0.05) is 29.5 Å². The fourth-order valence-corrected chi connectivity index (χ4v) is 2.60. The maximum absolute atomic E-state index is 12.6. The number of benzene rings is 1. The minimum atomic E-state index is -0.161. The fraction of sp³-hybridized carbons (Fsp3) is 0.421. The second kappa shape index (κ2) is 6.02. The summed E-state index contributed by atoms with van der Waals surface area (Å²) < 4.78 is 3.75. The number of rotatable bonds is 3. The molecule has 3 rings (SSSR count). The molecule has 25 heavy (non-hydrogen) atoms. The number of carbonyl (C=O) groups is 1. The van der Waals surface area contributed by atoms with Crippen LogP contribution in [-0.2, 0) is 5.54 Å². The van der Waals surface area contributed by atoms with Crippen molar-refractivity contribution in [3.63, 3.8) is 0 Å². The number of amides is 1. The van der Waals surface area contributed by atoms with Crippen molar-refractivity contribution in [2.24, 2.45) is 0 Å². The Bertz CT molecular complexity index is 927. The van der Waals surface area contributed by atoms with Crippen LogP contribution >= 0.6 is 0 Å². The van der Waals surface area contributed by atoms with Crippen LogP contribution in [0.3, 0.4) is 0 Å². The van der Waals surface area contributed by atoms with Crippen LogP contribution in [-0.4, -0.2) is 25.5 Å². The Morgan fingerprint density at radius 2 is 1.88 bits per heavy atom. The first kappa shape index (κ1) is 17.2. The highest BCUT2D eigenvalue weighted by atomic mass is 16.1. The molecule has 1 amide bonds. The van der Waals surface area contributed by atoms with Crippen molar-refractivity contribution in [2.75, 3.05) is 5.32 Å². The lowest BCUT2D eigenvalue weighted by molar-refractivity contribution is 0.102. The topological polar surface area (TPSA) is 64.7 Å². The summed E-state index contributed by atoms with van der Waals surface area (Å²) in [5.41, 5.74) is 2.75. The molecule has 0 unspecified atom stereocenters. The van der Waals surface area contributed by atoms with Crippen molar-refractivity contribution >= 4 is 22.5 Å². The number of nitrogens with zero attached hydrogens (tertiary/aromatic N) is 4. The van der Waals surface area contributed by atoms with Gasteiger partial charge in [-0.2, -0.15) is 10.2 Å². The highest BCUT2D eigenvalue weighted by Gasteiger charge is 2.20. The molecule has 0 radical (unpaired) electrons. The van der Waals surface area contributed by atoms with Gasteiger partial charge in [0.15, 0.2) is 0 Å². The van der Waals surface area contributed by atoms with E-state index < -0.39 is 0 Å². The van der Waals surface area contributed by atoms with Gasteiger partial charge in [-0.3, -0.25) is 14.2 Å². The van der Waals surface area contributed by atoms with Gasteiger partial charge in [0.2, 0.25) is 0 Å². The van der Waals surface area contributed by atoms with Gasteiger partial charge < -0.3 is 5.32 Å². The molecule has 0 spiro atoms. The smallest absolute Gasteiger partial charge is 0.259 e. The van der Waals surface area contributed by atoms with Crippen molar-refractivity contribution in [2.45, 2.75) is 53.1 Å². The summed E-state index contributed by atoms with van der Waals surface area (Å²) >= 11 is 0. The first-order chi connectivity index (χ1) is 11.6. The van der Waals surface area contributed by atoms with Crippen molar-refractivity contribution in [1.29, 1.82) is 0 Å². The molecule has 6 heteroatoms. The maximum Gasteiger partial charge on any atom is 0.259 e. The molecular formula is C19H25N5O. The van der Waals surface area contributed by atoms with Gasteiger partial charge in [0.25, 0.3) is 5.91 Å². The average molecular weight is 339 g/mol. The first-order valence-corrected chi connectivity index (χ1v) is 8.52. The van der Waals surface area contributed by atoms with E-state index in [0.717, 1.165) is 22.3 Å². The average Bonchev–Trinajstić information content (AvgIpc) is 3.09. The number of fused-ring (bicyclic) bond motifs is 1. The van der Waals surface area contributed by atoms with Gasteiger partial charge in [-0.1, -0.05) is 0 Å². The van der Waals surface area contributed by atoms with E-state index >= 15 is 0 Å². The third-order valence-corrected chi connectivity index (χ3v) is 4.14. The van der Waals surface area contributed by atoms with Crippen molar-refractivity contribution < 1.29 is 4.79 Å². The summed E-state index contributed by atoms with van der Waals surface area (Å²) in [6.45, 7) is 12.2. The summed E-state index contributed by atoms with van der Waals surface area (Å²) in [7, 11) is 0. The van der Waals surface area contributed by atoms with Gasteiger partial charge in [-0.05, 0) is 59.7 Å². The molecule has 1 aromatic carbocycles. The predicted octanol–water partition coefficient (Wildman–Crippen LogP) is 4.13. The van der Waals surface area contributed by atoms with E-state index in [-0.39, 0.29) is 11.4 Å². The molecule has 2 aromatic heterocycles. The minimum Gasteiger partial charge on any atom is -0.322 e. The Hall–Kier alpha value is -2.63. The summed E-state index contributed by atoms with van der Waals surface area (Å²) in [6.07, 6.45) is 3.82. The number of aromatic nitrogens is 4. The molecular weight excluding hydrogens is 314 g/mol. The molecule has 0 aliphatic carbocycles. The Kier molecular flexibility index (Phi) is 4.14. The Morgan fingerprint density at radius 1 is 1.16 bits per heavy atom. The van der Waals surface area contributed by atoms with Crippen molar-refractivity contribution in [3.8, 4) is 0 Å². The van der Waals surface area contributed by atoms with Crippen LogP contribution in [0, 0.1) is 6.92 Å². The standard InChI is InChI=1S/C19H25N5O/c1-12(2)23-10-14-7-8-15(9-17(14)22-23)20-18(25)16-11-24(19(4,5)6)21-13(16)3/h7-12H,1-6H3,(H,20,25). The number of carbonyl (C=O) groups excluding carboxylic acids is 1. The van der Waals surface area contributed by atoms with Crippen molar-refractivity contribution in [1.82, 2.24) is 19.6 Å². The van der Waals surface area contributed by atoms with E-state index in [2.05, 4.69) is 50.1 Å². The largest absolute Gasteiger partial charge is 0.322 e. The van der Waals surface area contributed by atoms with Gasteiger partial charge in [0.05, 0.1) is 22.3 Å². The van der Waals surface area contributed by atoms with Crippen LogP contribution in [0.15, 0.2) is 30.6 Å². The summed E-state index contributed by atoms with van der Waals surface area (Å²) in [5, 5.41) is 13.0. The zero-order chi connectivity index (χ0) is 18.4. The molecule has 6 nitrogen and oxygen atoms in total. The molecule has 0 fully saturated rings. The van der Waals surface area contributed by atoms with Crippen LogP contribution in [0.2, 0.25) is 0 Å². The number of aryl methyl sites for hydroxylation is 1. The van der Waals surface area contributed by atoms with Gasteiger partial charge in [-0.15, -0.1) is 0 Å². The number of hydrogen-bond donors (Lipinski definition) is 1. The number of nitrogens with one attached hydrogen (secondary N) is 1. The van der Waals surface area contributed by atoms with Gasteiger partial charge in [-0.25, -0.2) is 0 Å². The third kappa shape index (κ3) is 3.43. The zero-order valence-electron chi connectivity index (χ0n) is 15.7.